The molecule has 2 N–H and O–H groups in total. The summed E-state index contributed by atoms with van der Waals surface area (Å²) in [4.78, 5) is 6.40. The summed E-state index contributed by atoms with van der Waals surface area (Å²) in [5.74, 6) is 1.21. The molecular formula is C15H26N4O3. The molecule has 1 aromatic heterocycles. The number of nitrogens with two attached hydrogens (primary N) is 1. The zero-order valence-electron chi connectivity index (χ0n) is 13.8. The average Bonchev–Trinajstić information content (AvgIpc) is 2.90. The van der Waals surface area contributed by atoms with Crippen molar-refractivity contribution in [1.29, 1.82) is 0 Å². The van der Waals surface area contributed by atoms with E-state index in [1.165, 1.54) is 0 Å². The summed E-state index contributed by atoms with van der Waals surface area (Å²) in [5.41, 5.74) is 6.56. The van der Waals surface area contributed by atoms with Crippen LogP contribution in [-0.2, 0) is 22.6 Å². The summed E-state index contributed by atoms with van der Waals surface area (Å²) in [6.07, 6.45) is 0.177. The number of nitrogens with zero attached hydrogens (tertiary/aromatic N) is 3. The molecule has 0 aromatic carbocycles. The van der Waals surface area contributed by atoms with E-state index >= 15 is 0 Å². The van der Waals surface area contributed by atoms with E-state index in [1.807, 2.05) is 38.7 Å². The van der Waals surface area contributed by atoms with Crippen LogP contribution in [0.15, 0.2) is 15.6 Å². The maximum atomic E-state index is 6.02. The van der Waals surface area contributed by atoms with Gasteiger partial charge in [0.2, 0.25) is 0 Å². The van der Waals surface area contributed by atoms with Crippen LogP contribution in [0.25, 0.3) is 0 Å². The zero-order chi connectivity index (χ0) is 16.2. The van der Waals surface area contributed by atoms with E-state index < -0.39 is 0 Å². The van der Waals surface area contributed by atoms with Gasteiger partial charge in [0.05, 0.1) is 24.9 Å². The van der Waals surface area contributed by atoms with E-state index in [0.29, 0.717) is 31.5 Å². The van der Waals surface area contributed by atoms with Gasteiger partial charge in [-0.1, -0.05) is 5.16 Å². The second kappa shape index (κ2) is 7.11. The highest BCUT2D eigenvalue weighted by Crippen LogP contribution is 2.13. The third kappa shape index (κ3) is 5.31. The summed E-state index contributed by atoms with van der Waals surface area (Å²) in [6.45, 7) is 11.0. The van der Waals surface area contributed by atoms with Crippen LogP contribution in [0.5, 0.6) is 0 Å². The molecule has 22 heavy (non-hydrogen) atoms. The van der Waals surface area contributed by atoms with Crippen LogP contribution in [0.2, 0.25) is 0 Å². The molecule has 0 spiro atoms. The number of rotatable bonds is 4. The summed E-state index contributed by atoms with van der Waals surface area (Å²) >= 11 is 0. The van der Waals surface area contributed by atoms with Gasteiger partial charge in [0, 0.05) is 19.2 Å². The Labute approximate surface area is 131 Å². The first-order chi connectivity index (χ1) is 10.3. The Morgan fingerprint density at radius 1 is 1.55 bits per heavy atom. The number of hydrogen-bond acceptors (Lipinski definition) is 5. The van der Waals surface area contributed by atoms with Crippen LogP contribution in [0, 0.1) is 0 Å². The SMILES string of the molecule is CC1CN(C(N)=NCc2cc(COC(C)(C)C)on2)CCO1. The Balaban J connectivity index is 1.85. The fraction of sp³-hybridized carbons (Fsp3) is 0.733. The molecule has 0 amide bonds. The molecule has 7 nitrogen and oxygen atoms in total. The predicted octanol–water partition coefficient (Wildman–Crippen LogP) is 1.53. The van der Waals surface area contributed by atoms with Gasteiger partial charge in [-0.3, -0.25) is 0 Å². The first kappa shape index (κ1) is 16.8. The first-order valence-corrected chi connectivity index (χ1v) is 7.58. The molecule has 124 valence electrons. The fourth-order valence-corrected chi connectivity index (χ4v) is 2.07. The van der Waals surface area contributed by atoms with Gasteiger partial charge in [-0.2, -0.15) is 0 Å². The summed E-state index contributed by atoms with van der Waals surface area (Å²) in [5, 5.41) is 3.99. The Bertz CT molecular complexity index is 507. The molecule has 0 radical (unpaired) electrons. The lowest BCUT2D eigenvalue weighted by Gasteiger charge is -2.31. The molecule has 1 fully saturated rings. The van der Waals surface area contributed by atoms with E-state index in [2.05, 4.69) is 10.1 Å². The van der Waals surface area contributed by atoms with Crippen LogP contribution >= 0.6 is 0 Å². The van der Waals surface area contributed by atoms with Gasteiger partial charge in [0.15, 0.2) is 11.7 Å². The highest BCUT2D eigenvalue weighted by molar-refractivity contribution is 5.78. The van der Waals surface area contributed by atoms with Crippen molar-refractivity contribution in [1.82, 2.24) is 10.1 Å². The second-order valence-electron chi connectivity index (χ2n) is 6.49. The van der Waals surface area contributed by atoms with Crippen molar-refractivity contribution in [2.45, 2.75) is 52.6 Å². The van der Waals surface area contributed by atoms with Gasteiger partial charge in [0.1, 0.15) is 12.3 Å². The molecule has 2 heterocycles. The van der Waals surface area contributed by atoms with Crippen LogP contribution in [0.4, 0.5) is 0 Å². The third-order valence-corrected chi connectivity index (χ3v) is 3.22. The highest BCUT2D eigenvalue weighted by atomic mass is 16.5. The zero-order valence-corrected chi connectivity index (χ0v) is 13.8. The number of guanidine groups is 1. The molecule has 2 rings (SSSR count). The number of hydrogen-bond donors (Lipinski definition) is 1. The van der Waals surface area contributed by atoms with Crippen LogP contribution in [0.3, 0.4) is 0 Å². The molecule has 0 aliphatic carbocycles. The smallest absolute Gasteiger partial charge is 0.191 e. The van der Waals surface area contributed by atoms with Crippen LogP contribution in [-0.4, -0.2) is 47.4 Å². The van der Waals surface area contributed by atoms with Crippen molar-refractivity contribution in [2.75, 3.05) is 19.7 Å². The normalized spacial score (nSPS) is 20.5. The van der Waals surface area contributed by atoms with E-state index in [1.54, 1.807) is 0 Å². The second-order valence-corrected chi connectivity index (χ2v) is 6.49. The molecule has 1 atom stereocenters. The van der Waals surface area contributed by atoms with E-state index in [4.69, 9.17) is 19.7 Å². The van der Waals surface area contributed by atoms with Crippen molar-refractivity contribution >= 4 is 5.96 Å². The Hall–Kier alpha value is -1.60. The van der Waals surface area contributed by atoms with Crippen molar-refractivity contribution in [3.8, 4) is 0 Å². The lowest BCUT2D eigenvalue weighted by molar-refractivity contribution is -0.0241. The number of ether oxygens (including phenoxy) is 2. The summed E-state index contributed by atoms with van der Waals surface area (Å²) in [6, 6.07) is 1.85. The molecule has 1 unspecified atom stereocenters. The summed E-state index contributed by atoms with van der Waals surface area (Å²) in [7, 11) is 0. The molecule has 1 saturated heterocycles. The van der Waals surface area contributed by atoms with Gasteiger partial charge in [-0.15, -0.1) is 0 Å². The largest absolute Gasteiger partial charge is 0.375 e. The Kier molecular flexibility index (Phi) is 5.42. The first-order valence-electron chi connectivity index (χ1n) is 7.58. The van der Waals surface area contributed by atoms with Crippen LogP contribution in [0.1, 0.15) is 39.1 Å². The maximum Gasteiger partial charge on any atom is 0.191 e. The number of aliphatic imine (C=N–C) groups is 1. The molecule has 0 saturated carbocycles. The van der Waals surface area contributed by atoms with Crippen molar-refractivity contribution in [3.05, 3.63) is 17.5 Å². The van der Waals surface area contributed by atoms with E-state index in [0.717, 1.165) is 18.8 Å². The van der Waals surface area contributed by atoms with Crippen LogP contribution < -0.4 is 5.73 Å². The standard InChI is InChI=1S/C15H26N4O3/c1-11-9-19(5-6-20-11)14(16)17-8-12-7-13(22-18-12)10-21-15(2,3)4/h7,11H,5-6,8-10H2,1-4H3,(H2,16,17). The monoisotopic (exact) mass is 310 g/mol. The van der Waals surface area contributed by atoms with E-state index in [9.17, 15) is 0 Å². The maximum absolute atomic E-state index is 6.02. The number of morpholine rings is 1. The fourth-order valence-electron chi connectivity index (χ4n) is 2.07. The molecule has 1 aromatic rings. The Morgan fingerprint density at radius 3 is 3.00 bits per heavy atom. The lowest BCUT2D eigenvalue weighted by atomic mass is 10.2. The molecule has 7 heteroatoms. The van der Waals surface area contributed by atoms with Gasteiger partial charge in [0.25, 0.3) is 0 Å². The van der Waals surface area contributed by atoms with Crippen molar-refractivity contribution in [3.63, 3.8) is 0 Å². The third-order valence-electron chi connectivity index (χ3n) is 3.22. The van der Waals surface area contributed by atoms with Gasteiger partial charge in [-0.05, 0) is 27.7 Å². The van der Waals surface area contributed by atoms with Gasteiger partial charge < -0.3 is 24.6 Å². The quantitative estimate of drug-likeness (QED) is 0.670. The molecule has 1 aliphatic heterocycles. The molecular weight excluding hydrogens is 284 g/mol. The van der Waals surface area contributed by atoms with Crippen molar-refractivity contribution < 1.29 is 14.0 Å². The Morgan fingerprint density at radius 2 is 2.32 bits per heavy atom. The molecule has 0 bridgehead atoms. The minimum atomic E-state index is -0.206. The lowest BCUT2D eigenvalue weighted by Crippen LogP contribution is -2.47. The highest BCUT2D eigenvalue weighted by Gasteiger charge is 2.18. The minimum Gasteiger partial charge on any atom is -0.375 e. The molecule has 1 aliphatic rings. The minimum absolute atomic E-state index is 0.177. The van der Waals surface area contributed by atoms with Gasteiger partial charge >= 0.3 is 0 Å². The van der Waals surface area contributed by atoms with Gasteiger partial charge in [-0.25, -0.2) is 4.99 Å². The summed E-state index contributed by atoms with van der Waals surface area (Å²) < 4.78 is 16.4. The topological polar surface area (TPSA) is 86.1 Å². The number of aromatic nitrogens is 1. The predicted molar refractivity (Wildman–Crippen MR) is 83.4 cm³/mol. The van der Waals surface area contributed by atoms with Crippen molar-refractivity contribution in [2.24, 2.45) is 10.7 Å². The average molecular weight is 310 g/mol. The van der Waals surface area contributed by atoms with E-state index in [-0.39, 0.29) is 11.7 Å².